The Kier molecular flexibility index (Phi) is 5.98. The van der Waals surface area contributed by atoms with E-state index in [0.29, 0.717) is 61.5 Å². The van der Waals surface area contributed by atoms with Gasteiger partial charge in [-0.25, -0.2) is 12.8 Å². The summed E-state index contributed by atoms with van der Waals surface area (Å²) < 4.78 is 51.5. The molecule has 0 unspecified atom stereocenters. The van der Waals surface area contributed by atoms with Gasteiger partial charge in [0.05, 0.1) is 11.4 Å². The molecule has 0 aliphatic carbocycles. The lowest BCUT2D eigenvalue weighted by Gasteiger charge is -2.33. The third-order valence-electron chi connectivity index (χ3n) is 5.73. The number of hydrogen-bond acceptors (Lipinski definition) is 8. The zero-order valence-electron chi connectivity index (χ0n) is 18.4. The summed E-state index contributed by atoms with van der Waals surface area (Å²) in [6, 6.07) is 14.5. The van der Waals surface area contributed by atoms with Crippen molar-refractivity contribution in [1.82, 2.24) is 24.6 Å². The quantitative estimate of drug-likeness (QED) is 0.411. The summed E-state index contributed by atoms with van der Waals surface area (Å²) in [5.41, 5.74) is 2.17. The molecule has 11 heteroatoms. The monoisotopic (exact) mass is 483 g/mol. The van der Waals surface area contributed by atoms with Crippen molar-refractivity contribution >= 4 is 10.0 Å². The molecule has 1 fully saturated rings. The van der Waals surface area contributed by atoms with Crippen molar-refractivity contribution in [2.45, 2.75) is 18.4 Å². The van der Waals surface area contributed by atoms with Gasteiger partial charge in [-0.2, -0.15) is 4.31 Å². The molecule has 0 saturated carbocycles. The van der Waals surface area contributed by atoms with Crippen LogP contribution in [-0.2, 0) is 16.6 Å². The molecule has 1 aliphatic rings. The maximum absolute atomic E-state index is 13.2. The molecule has 9 nitrogen and oxygen atoms in total. The van der Waals surface area contributed by atoms with E-state index < -0.39 is 15.8 Å². The van der Waals surface area contributed by atoms with Crippen LogP contribution in [0.4, 0.5) is 4.39 Å². The lowest BCUT2D eigenvalue weighted by molar-refractivity contribution is 0.168. The summed E-state index contributed by atoms with van der Waals surface area (Å²) in [6.45, 7) is 3.80. The topological polar surface area (TPSA) is 106 Å². The molecule has 0 N–H and O–H groups in total. The molecule has 4 aromatic rings. The molecular formula is C23H22FN5O4S. The molecule has 1 aliphatic heterocycles. The summed E-state index contributed by atoms with van der Waals surface area (Å²) in [5.74, 6) is 0.850. The van der Waals surface area contributed by atoms with Crippen LogP contribution in [0.2, 0.25) is 0 Å². The van der Waals surface area contributed by atoms with Gasteiger partial charge >= 0.3 is 0 Å². The van der Waals surface area contributed by atoms with Gasteiger partial charge in [0, 0.05) is 31.7 Å². The van der Waals surface area contributed by atoms with Gasteiger partial charge in [0.1, 0.15) is 22.8 Å². The third-order valence-corrected chi connectivity index (χ3v) is 7.65. The van der Waals surface area contributed by atoms with Crippen molar-refractivity contribution < 1.29 is 21.7 Å². The molecule has 0 atom stereocenters. The normalized spacial score (nSPS) is 15.6. The third kappa shape index (κ3) is 4.37. The van der Waals surface area contributed by atoms with Crippen LogP contribution in [0, 0.1) is 12.7 Å². The molecule has 5 rings (SSSR count). The van der Waals surface area contributed by atoms with Crippen LogP contribution in [0.5, 0.6) is 0 Å². The number of hydrogen-bond donors (Lipinski definition) is 0. The standard InChI is InChI=1S/C23H22FN5O4S/c1-16-21(22(27-33-16)17-5-3-2-4-6-17)23-26-25-20(32-23)15-28-11-13-29(14-12-28)34(30,31)19-9-7-18(24)8-10-19/h2-10H,11-15H2,1H3. The second-order valence-corrected chi connectivity index (χ2v) is 9.90. The highest BCUT2D eigenvalue weighted by Gasteiger charge is 2.29. The summed E-state index contributed by atoms with van der Waals surface area (Å²) >= 11 is 0. The van der Waals surface area contributed by atoms with E-state index in [-0.39, 0.29) is 4.90 Å². The summed E-state index contributed by atoms with van der Waals surface area (Å²) in [4.78, 5) is 2.13. The van der Waals surface area contributed by atoms with Gasteiger partial charge in [0.25, 0.3) is 5.89 Å². The van der Waals surface area contributed by atoms with E-state index in [1.54, 1.807) is 6.92 Å². The number of rotatable bonds is 6. The largest absolute Gasteiger partial charge is 0.419 e. The Morgan fingerprint density at radius 1 is 0.971 bits per heavy atom. The van der Waals surface area contributed by atoms with Crippen LogP contribution in [-0.4, -0.2) is 59.2 Å². The second kappa shape index (κ2) is 9.09. The van der Waals surface area contributed by atoms with Crippen LogP contribution in [0.1, 0.15) is 11.7 Å². The zero-order chi connectivity index (χ0) is 23.7. The van der Waals surface area contributed by atoms with E-state index in [9.17, 15) is 12.8 Å². The first-order chi connectivity index (χ1) is 16.4. The first kappa shape index (κ1) is 22.4. The van der Waals surface area contributed by atoms with Crippen molar-refractivity contribution in [3.63, 3.8) is 0 Å². The van der Waals surface area contributed by atoms with Crippen LogP contribution >= 0.6 is 0 Å². The fraction of sp³-hybridized carbons (Fsp3) is 0.261. The Morgan fingerprint density at radius 3 is 2.38 bits per heavy atom. The Morgan fingerprint density at radius 2 is 1.68 bits per heavy atom. The smallest absolute Gasteiger partial charge is 0.253 e. The highest BCUT2D eigenvalue weighted by Crippen LogP contribution is 2.33. The van der Waals surface area contributed by atoms with Crippen molar-refractivity contribution in [2.24, 2.45) is 0 Å². The molecule has 2 aromatic heterocycles. The lowest BCUT2D eigenvalue weighted by Crippen LogP contribution is -2.48. The van der Waals surface area contributed by atoms with E-state index in [1.807, 2.05) is 35.2 Å². The molecule has 3 heterocycles. The molecule has 176 valence electrons. The number of aromatic nitrogens is 3. The fourth-order valence-electron chi connectivity index (χ4n) is 3.91. The van der Waals surface area contributed by atoms with Gasteiger partial charge in [0.15, 0.2) is 0 Å². The second-order valence-electron chi connectivity index (χ2n) is 7.96. The number of sulfonamides is 1. The van der Waals surface area contributed by atoms with E-state index in [4.69, 9.17) is 8.94 Å². The van der Waals surface area contributed by atoms with Crippen molar-refractivity contribution in [3.8, 4) is 22.7 Å². The van der Waals surface area contributed by atoms with Gasteiger partial charge in [0.2, 0.25) is 15.9 Å². The fourth-order valence-corrected chi connectivity index (χ4v) is 5.33. The predicted octanol–water partition coefficient (Wildman–Crippen LogP) is 3.35. The van der Waals surface area contributed by atoms with Gasteiger partial charge in [-0.3, -0.25) is 4.90 Å². The molecule has 0 bridgehead atoms. The lowest BCUT2D eigenvalue weighted by atomic mass is 10.1. The molecule has 34 heavy (non-hydrogen) atoms. The Labute approximate surface area is 195 Å². The molecular weight excluding hydrogens is 461 g/mol. The van der Waals surface area contributed by atoms with E-state index in [1.165, 1.54) is 16.4 Å². The molecule has 0 spiro atoms. The van der Waals surface area contributed by atoms with Crippen molar-refractivity contribution in [3.05, 3.63) is 72.1 Å². The maximum Gasteiger partial charge on any atom is 0.253 e. The molecule has 0 radical (unpaired) electrons. The first-order valence-electron chi connectivity index (χ1n) is 10.7. The van der Waals surface area contributed by atoms with Gasteiger partial charge < -0.3 is 8.94 Å². The molecule has 1 saturated heterocycles. The zero-order valence-corrected chi connectivity index (χ0v) is 19.2. The minimum Gasteiger partial charge on any atom is -0.419 e. The van der Waals surface area contributed by atoms with Crippen LogP contribution < -0.4 is 0 Å². The van der Waals surface area contributed by atoms with Crippen molar-refractivity contribution in [2.75, 3.05) is 26.2 Å². The number of aryl methyl sites for hydroxylation is 1. The van der Waals surface area contributed by atoms with E-state index in [0.717, 1.165) is 17.7 Å². The van der Waals surface area contributed by atoms with Gasteiger partial charge in [-0.1, -0.05) is 35.5 Å². The minimum atomic E-state index is -3.67. The number of nitrogens with zero attached hydrogens (tertiary/aromatic N) is 5. The van der Waals surface area contributed by atoms with Gasteiger partial charge in [-0.15, -0.1) is 10.2 Å². The average Bonchev–Trinajstić information content (AvgIpc) is 3.46. The maximum atomic E-state index is 13.2. The van der Waals surface area contributed by atoms with Gasteiger partial charge in [-0.05, 0) is 31.2 Å². The summed E-state index contributed by atoms with van der Waals surface area (Å²) in [5, 5.41) is 12.5. The van der Waals surface area contributed by atoms with Crippen LogP contribution in [0.15, 0.2) is 68.4 Å². The predicted molar refractivity (Wildman–Crippen MR) is 120 cm³/mol. The highest BCUT2D eigenvalue weighted by atomic mass is 32.2. The number of benzene rings is 2. The average molecular weight is 484 g/mol. The minimum absolute atomic E-state index is 0.0854. The van der Waals surface area contributed by atoms with Crippen LogP contribution in [0.3, 0.4) is 0 Å². The summed E-state index contributed by atoms with van der Waals surface area (Å²) in [7, 11) is -3.67. The number of halogens is 1. The van der Waals surface area contributed by atoms with Crippen molar-refractivity contribution in [1.29, 1.82) is 0 Å². The molecule has 0 amide bonds. The first-order valence-corrected chi connectivity index (χ1v) is 12.2. The Bertz CT molecular complexity index is 1380. The highest BCUT2D eigenvalue weighted by molar-refractivity contribution is 7.89. The Balaban J connectivity index is 1.26. The SMILES string of the molecule is Cc1onc(-c2ccccc2)c1-c1nnc(CN2CCN(S(=O)(=O)c3ccc(F)cc3)CC2)o1. The summed E-state index contributed by atoms with van der Waals surface area (Å²) in [6.07, 6.45) is 0. The van der Waals surface area contributed by atoms with Crippen LogP contribution in [0.25, 0.3) is 22.7 Å². The Hall–Kier alpha value is -3.41. The molecule has 2 aromatic carbocycles. The van der Waals surface area contributed by atoms with E-state index in [2.05, 4.69) is 15.4 Å². The number of piperazine rings is 1. The van der Waals surface area contributed by atoms with E-state index >= 15 is 0 Å².